The van der Waals surface area contributed by atoms with Gasteiger partial charge in [0.05, 0.1) is 7.11 Å². The van der Waals surface area contributed by atoms with E-state index in [-0.39, 0.29) is 5.56 Å². The molecule has 0 spiro atoms. The van der Waals surface area contributed by atoms with Crippen molar-refractivity contribution in [3.8, 4) is 34.3 Å². The van der Waals surface area contributed by atoms with Crippen LogP contribution in [0.3, 0.4) is 0 Å². The molecule has 5 heteroatoms. The van der Waals surface area contributed by atoms with Gasteiger partial charge >= 0.3 is 0 Å². The number of hydrogen-bond acceptors (Lipinski definition) is 3. The third-order valence-electron chi connectivity index (χ3n) is 3.77. The summed E-state index contributed by atoms with van der Waals surface area (Å²) in [6.07, 6.45) is 1.88. The molecule has 2 heterocycles. The van der Waals surface area contributed by atoms with Crippen molar-refractivity contribution in [3.05, 3.63) is 64.6 Å². The van der Waals surface area contributed by atoms with Crippen LogP contribution in [0, 0.1) is 11.3 Å². The van der Waals surface area contributed by atoms with Crippen molar-refractivity contribution >= 4 is 0 Å². The number of rotatable bonds is 3. The molecule has 3 rings (SSSR count). The maximum Gasteiger partial charge on any atom is 0.267 e. The Bertz CT molecular complexity index is 944. The summed E-state index contributed by atoms with van der Waals surface area (Å²) < 4.78 is 7.03. The van der Waals surface area contributed by atoms with Crippen LogP contribution >= 0.6 is 0 Å². The molecule has 0 fully saturated rings. The SMILES string of the molecule is COc1ccc(-c2cc(-c3cccn3C)c(C#N)c(=O)[nH]2)cc1. The Hall–Kier alpha value is -3.26. The van der Waals surface area contributed by atoms with Gasteiger partial charge in [0.2, 0.25) is 0 Å². The fourth-order valence-corrected chi connectivity index (χ4v) is 2.54. The molecule has 0 aliphatic heterocycles. The minimum atomic E-state index is -0.392. The maximum absolute atomic E-state index is 12.3. The summed E-state index contributed by atoms with van der Waals surface area (Å²) in [5, 5.41) is 9.32. The molecular formula is C18H15N3O2. The van der Waals surface area contributed by atoms with Crippen molar-refractivity contribution in [1.82, 2.24) is 9.55 Å². The molecule has 3 aromatic rings. The van der Waals surface area contributed by atoms with Crippen LogP contribution in [0.1, 0.15) is 5.56 Å². The van der Waals surface area contributed by atoms with Crippen LogP contribution in [0.15, 0.2) is 53.5 Å². The number of hydrogen-bond donors (Lipinski definition) is 1. The molecule has 0 aliphatic carbocycles. The summed E-state index contributed by atoms with van der Waals surface area (Å²) in [6.45, 7) is 0. The smallest absolute Gasteiger partial charge is 0.267 e. The lowest BCUT2D eigenvalue weighted by atomic mass is 10.0. The molecule has 114 valence electrons. The Morgan fingerprint density at radius 3 is 2.52 bits per heavy atom. The second-order valence-electron chi connectivity index (χ2n) is 5.15. The highest BCUT2D eigenvalue weighted by molar-refractivity contribution is 5.73. The van der Waals surface area contributed by atoms with Crippen molar-refractivity contribution in [3.63, 3.8) is 0 Å². The average Bonchev–Trinajstić information content (AvgIpc) is 3.00. The zero-order valence-electron chi connectivity index (χ0n) is 12.8. The van der Waals surface area contributed by atoms with Gasteiger partial charge in [0.25, 0.3) is 5.56 Å². The molecule has 0 saturated heterocycles. The summed E-state index contributed by atoms with van der Waals surface area (Å²) in [5.41, 5.74) is 2.67. The van der Waals surface area contributed by atoms with Gasteiger partial charge in [-0.3, -0.25) is 4.79 Å². The van der Waals surface area contributed by atoms with Gasteiger partial charge in [-0.2, -0.15) is 5.26 Å². The van der Waals surface area contributed by atoms with E-state index in [2.05, 4.69) is 4.98 Å². The van der Waals surface area contributed by atoms with E-state index >= 15 is 0 Å². The fraction of sp³-hybridized carbons (Fsp3) is 0.111. The predicted molar refractivity (Wildman–Crippen MR) is 88.2 cm³/mol. The number of nitrogens with one attached hydrogen (secondary N) is 1. The molecule has 0 unspecified atom stereocenters. The summed E-state index contributed by atoms with van der Waals surface area (Å²) in [5.74, 6) is 0.743. The number of H-pyrrole nitrogens is 1. The number of nitrogens with zero attached hydrogens (tertiary/aromatic N) is 2. The van der Waals surface area contributed by atoms with E-state index in [4.69, 9.17) is 4.74 Å². The lowest BCUT2D eigenvalue weighted by Crippen LogP contribution is -2.13. The van der Waals surface area contributed by atoms with Crippen LogP contribution in [0.25, 0.3) is 22.5 Å². The number of methoxy groups -OCH3 is 1. The van der Waals surface area contributed by atoms with E-state index < -0.39 is 5.56 Å². The molecule has 0 amide bonds. The summed E-state index contributed by atoms with van der Waals surface area (Å²) in [6, 6.07) is 15.0. The van der Waals surface area contributed by atoms with Crippen molar-refractivity contribution in [1.29, 1.82) is 5.26 Å². The van der Waals surface area contributed by atoms with Gasteiger partial charge in [0.1, 0.15) is 17.4 Å². The van der Waals surface area contributed by atoms with Gasteiger partial charge in [-0.15, -0.1) is 0 Å². The first kappa shape index (κ1) is 14.7. The Morgan fingerprint density at radius 2 is 1.96 bits per heavy atom. The van der Waals surface area contributed by atoms with Crippen molar-refractivity contribution in [2.75, 3.05) is 7.11 Å². The molecule has 1 N–H and O–H groups in total. The van der Waals surface area contributed by atoms with Crippen LogP contribution in [0.2, 0.25) is 0 Å². The quantitative estimate of drug-likeness (QED) is 0.808. The first-order valence-corrected chi connectivity index (χ1v) is 7.07. The van der Waals surface area contributed by atoms with Gasteiger partial charge in [-0.05, 0) is 48.0 Å². The molecular weight excluding hydrogens is 290 g/mol. The molecule has 0 radical (unpaired) electrons. The summed E-state index contributed by atoms with van der Waals surface area (Å²) in [4.78, 5) is 15.1. The van der Waals surface area contributed by atoms with Gasteiger partial charge in [-0.25, -0.2) is 0 Å². The van der Waals surface area contributed by atoms with Crippen LogP contribution in [0.5, 0.6) is 5.75 Å². The monoisotopic (exact) mass is 305 g/mol. The largest absolute Gasteiger partial charge is 0.497 e. The van der Waals surface area contributed by atoms with Gasteiger partial charge in [0.15, 0.2) is 0 Å². The Labute approximate surface area is 133 Å². The van der Waals surface area contributed by atoms with E-state index in [9.17, 15) is 10.1 Å². The van der Waals surface area contributed by atoms with E-state index in [0.717, 1.165) is 17.0 Å². The molecule has 5 nitrogen and oxygen atoms in total. The van der Waals surface area contributed by atoms with Crippen molar-refractivity contribution in [2.45, 2.75) is 0 Å². The average molecular weight is 305 g/mol. The molecule has 0 saturated carbocycles. The van der Waals surface area contributed by atoms with Crippen LogP contribution in [-0.4, -0.2) is 16.7 Å². The summed E-state index contributed by atoms with van der Waals surface area (Å²) in [7, 11) is 3.48. The van der Waals surface area contributed by atoms with E-state index in [1.807, 2.05) is 66.3 Å². The Kier molecular flexibility index (Phi) is 3.73. The van der Waals surface area contributed by atoms with Gasteiger partial charge < -0.3 is 14.3 Å². The summed E-state index contributed by atoms with van der Waals surface area (Å²) >= 11 is 0. The zero-order chi connectivity index (χ0) is 16.4. The number of aromatic amines is 1. The Balaban J connectivity index is 2.20. The highest BCUT2D eigenvalue weighted by Gasteiger charge is 2.14. The van der Waals surface area contributed by atoms with Gasteiger partial charge in [-0.1, -0.05) is 0 Å². The topological polar surface area (TPSA) is 70.8 Å². The number of nitriles is 1. The van der Waals surface area contributed by atoms with E-state index in [1.54, 1.807) is 7.11 Å². The molecule has 0 aliphatic rings. The minimum absolute atomic E-state index is 0.115. The molecule has 0 bridgehead atoms. The predicted octanol–water partition coefficient (Wildman–Crippen LogP) is 2.93. The third kappa shape index (κ3) is 2.62. The first-order valence-electron chi connectivity index (χ1n) is 7.07. The highest BCUT2D eigenvalue weighted by atomic mass is 16.5. The number of aromatic nitrogens is 2. The second kappa shape index (κ2) is 5.85. The number of pyridine rings is 1. The van der Waals surface area contributed by atoms with Crippen molar-refractivity contribution in [2.24, 2.45) is 7.05 Å². The van der Waals surface area contributed by atoms with E-state index in [0.29, 0.717) is 11.3 Å². The zero-order valence-corrected chi connectivity index (χ0v) is 12.8. The number of ether oxygens (including phenoxy) is 1. The van der Waals surface area contributed by atoms with Crippen LogP contribution in [-0.2, 0) is 7.05 Å². The lowest BCUT2D eigenvalue weighted by molar-refractivity contribution is 0.415. The van der Waals surface area contributed by atoms with Crippen LogP contribution in [0.4, 0.5) is 0 Å². The standard InChI is InChI=1S/C18H15N3O2/c1-21-9-3-4-17(21)14-10-16(20-18(22)15(14)11-19)12-5-7-13(23-2)8-6-12/h3-10H,1-2H3,(H,20,22). The second-order valence-corrected chi connectivity index (χ2v) is 5.15. The first-order chi connectivity index (χ1) is 11.1. The highest BCUT2D eigenvalue weighted by Crippen LogP contribution is 2.27. The lowest BCUT2D eigenvalue weighted by Gasteiger charge is -2.09. The minimum Gasteiger partial charge on any atom is -0.497 e. The normalized spacial score (nSPS) is 10.3. The van der Waals surface area contributed by atoms with E-state index in [1.165, 1.54) is 0 Å². The molecule has 0 atom stereocenters. The molecule has 23 heavy (non-hydrogen) atoms. The van der Waals surface area contributed by atoms with Crippen molar-refractivity contribution < 1.29 is 4.74 Å². The fourth-order valence-electron chi connectivity index (χ4n) is 2.54. The molecule has 2 aromatic heterocycles. The number of aryl methyl sites for hydroxylation is 1. The maximum atomic E-state index is 12.3. The third-order valence-corrected chi connectivity index (χ3v) is 3.77. The number of benzene rings is 1. The Morgan fingerprint density at radius 1 is 1.22 bits per heavy atom. The van der Waals surface area contributed by atoms with Crippen LogP contribution < -0.4 is 10.3 Å². The molecule has 1 aromatic carbocycles. The van der Waals surface area contributed by atoms with Gasteiger partial charge in [0, 0.05) is 30.2 Å².